The van der Waals surface area contributed by atoms with Crippen LogP contribution in [0.2, 0.25) is 0 Å². The van der Waals surface area contributed by atoms with E-state index in [1.165, 1.54) is 109 Å². The summed E-state index contributed by atoms with van der Waals surface area (Å²) in [5.74, 6) is -0.351. The zero-order valence-corrected chi connectivity index (χ0v) is 34.6. The summed E-state index contributed by atoms with van der Waals surface area (Å²) < 4.78 is 39.0. The second-order valence-corrected chi connectivity index (χ2v) is 15.8. The van der Waals surface area contributed by atoms with Crippen molar-refractivity contribution in [1.29, 1.82) is 0 Å². The normalized spacial score (nSPS) is 17.7. The van der Waals surface area contributed by atoms with E-state index in [2.05, 4.69) is 50.3 Å². The van der Waals surface area contributed by atoms with Gasteiger partial charge < -0.3 is 24.8 Å². The van der Waals surface area contributed by atoms with Crippen molar-refractivity contribution in [3.63, 3.8) is 0 Å². The van der Waals surface area contributed by atoms with Crippen LogP contribution in [0.25, 0.3) is 0 Å². The molecule has 1 rings (SSSR count). The van der Waals surface area contributed by atoms with Crippen molar-refractivity contribution in [2.24, 2.45) is 5.73 Å². The highest BCUT2D eigenvalue weighted by Crippen LogP contribution is 2.43. The fourth-order valence-electron chi connectivity index (χ4n) is 5.95. The Kier molecular flexibility index (Phi) is 33.4. The first-order valence-electron chi connectivity index (χ1n) is 21.3. The fraction of sp³-hybridized carbons (Fsp3) is 0.791. The Morgan fingerprint density at radius 2 is 1.25 bits per heavy atom. The molecule has 3 N–H and O–H groups in total. The first-order valence-corrected chi connectivity index (χ1v) is 22.8. The molecule has 53 heavy (non-hydrogen) atoms. The lowest BCUT2D eigenvalue weighted by atomic mass is 10.0. The lowest BCUT2D eigenvalue weighted by Crippen LogP contribution is -2.25. The van der Waals surface area contributed by atoms with E-state index in [9.17, 15) is 14.3 Å². The maximum Gasteiger partial charge on any atom is 0.472 e. The van der Waals surface area contributed by atoms with Crippen LogP contribution in [0.4, 0.5) is 0 Å². The summed E-state index contributed by atoms with van der Waals surface area (Å²) in [6.45, 7) is 4.10. The molecule has 9 nitrogen and oxygen atoms in total. The van der Waals surface area contributed by atoms with Gasteiger partial charge in [0.1, 0.15) is 6.61 Å². The second kappa shape index (κ2) is 35.9. The van der Waals surface area contributed by atoms with Crippen molar-refractivity contribution in [2.75, 3.05) is 26.4 Å². The molecule has 3 unspecified atom stereocenters. The van der Waals surface area contributed by atoms with Gasteiger partial charge in [-0.25, -0.2) is 4.57 Å². The number of rotatable bonds is 39. The Hall–Kier alpha value is -1.74. The minimum Gasteiger partial charge on any atom is -0.492 e. The topological polar surface area (TPSA) is 130 Å². The lowest BCUT2D eigenvalue weighted by Gasteiger charge is -2.19. The average Bonchev–Trinajstić information content (AvgIpc) is 3.90. The van der Waals surface area contributed by atoms with Gasteiger partial charge in [-0.3, -0.25) is 13.8 Å². The highest BCUT2D eigenvalue weighted by atomic mass is 31.2. The molecule has 0 aliphatic carbocycles. The van der Waals surface area contributed by atoms with Crippen LogP contribution in [-0.2, 0) is 32.6 Å². The fourth-order valence-corrected chi connectivity index (χ4v) is 6.71. The van der Waals surface area contributed by atoms with E-state index < -0.39 is 13.9 Å². The molecule has 0 aromatic rings. The Labute approximate surface area is 324 Å². The van der Waals surface area contributed by atoms with Gasteiger partial charge in [0.2, 0.25) is 0 Å². The summed E-state index contributed by atoms with van der Waals surface area (Å²) in [6.07, 6.45) is 45.3. The van der Waals surface area contributed by atoms with Gasteiger partial charge in [-0.15, -0.1) is 0 Å². The Bertz CT molecular complexity index is 1020. The van der Waals surface area contributed by atoms with E-state index in [-0.39, 0.29) is 51.0 Å². The van der Waals surface area contributed by atoms with Crippen molar-refractivity contribution in [3.05, 3.63) is 48.8 Å². The van der Waals surface area contributed by atoms with Crippen molar-refractivity contribution >= 4 is 13.8 Å². The molecule has 0 saturated carbocycles. The van der Waals surface area contributed by atoms with Crippen LogP contribution in [0, 0.1) is 0 Å². The van der Waals surface area contributed by atoms with Gasteiger partial charge >= 0.3 is 13.8 Å². The Balaban J connectivity index is 2.21. The molecule has 308 valence electrons. The standard InChI is InChI=1S/C43H78NO8P/c1-3-5-7-9-11-13-15-17-18-19-20-22-24-26-28-30-36-48-40(39-51-53(46,47)50-37-35-44)38-49-43(45)34-31-33-42-41(52-42)32-29-27-25-23-21-16-14-12-10-8-6-4-2/h12,14,21,23,27,29-30,36,40-42H,3-11,13,15-20,22,24-26,28,31-35,37-39,44H2,1-2H3,(H,46,47)/b14-12-,23-21-,29-27-,36-30+/t40-,41?,42?/m1/s1. The third-order valence-corrected chi connectivity index (χ3v) is 10.2. The molecule has 1 heterocycles. The number of esters is 1. The summed E-state index contributed by atoms with van der Waals surface area (Å²) in [4.78, 5) is 22.4. The van der Waals surface area contributed by atoms with Crippen LogP contribution < -0.4 is 5.73 Å². The van der Waals surface area contributed by atoms with E-state index in [0.717, 1.165) is 38.5 Å². The summed E-state index contributed by atoms with van der Waals surface area (Å²) in [6, 6.07) is 0. The zero-order valence-electron chi connectivity index (χ0n) is 33.7. The van der Waals surface area contributed by atoms with Crippen LogP contribution in [0.3, 0.4) is 0 Å². The molecule has 1 aliphatic rings. The van der Waals surface area contributed by atoms with Gasteiger partial charge in [0, 0.05) is 13.0 Å². The number of nitrogens with two attached hydrogens (primary N) is 1. The molecule has 1 saturated heterocycles. The van der Waals surface area contributed by atoms with E-state index in [4.69, 9.17) is 29.0 Å². The number of hydrogen-bond donors (Lipinski definition) is 2. The smallest absolute Gasteiger partial charge is 0.472 e. The number of ether oxygens (including phenoxy) is 3. The maximum absolute atomic E-state index is 12.5. The third kappa shape index (κ3) is 33.3. The monoisotopic (exact) mass is 768 g/mol. The molecule has 0 amide bonds. The predicted molar refractivity (Wildman–Crippen MR) is 219 cm³/mol. The number of phosphoric acid groups is 1. The van der Waals surface area contributed by atoms with Gasteiger partial charge in [-0.2, -0.15) is 0 Å². The summed E-state index contributed by atoms with van der Waals surface area (Å²) in [5.41, 5.74) is 5.36. The van der Waals surface area contributed by atoms with E-state index in [0.29, 0.717) is 6.42 Å². The molecule has 0 aromatic heterocycles. The number of hydrogen-bond acceptors (Lipinski definition) is 8. The Morgan fingerprint density at radius 1 is 0.698 bits per heavy atom. The van der Waals surface area contributed by atoms with Crippen LogP contribution in [0.15, 0.2) is 48.8 Å². The van der Waals surface area contributed by atoms with Crippen molar-refractivity contribution in [1.82, 2.24) is 0 Å². The van der Waals surface area contributed by atoms with Crippen molar-refractivity contribution in [2.45, 2.75) is 193 Å². The zero-order chi connectivity index (χ0) is 38.5. The molecule has 0 radical (unpaired) electrons. The van der Waals surface area contributed by atoms with Crippen LogP contribution >= 0.6 is 7.82 Å². The van der Waals surface area contributed by atoms with Gasteiger partial charge in [-0.1, -0.05) is 147 Å². The number of unbranched alkanes of at least 4 members (excludes halogenated alkanes) is 17. The van der Waals surface area contributed by atoms with E-state index in [1.807, 2.05) is 6.08 Å². The predicted octanol–water partition coefficient (Wildman–Crippen LogP) is 11.7. The lowest BCUT2D eigenvalue weighted by molar-refractivity contribution is -0.147. The first-order chi connectivity index (χ1) is 25.9. The molecular formula is C43H78NO8P. The van der Waals surface area contributed by atoms with E-state index >= 15 is 0 Å². The quantitative estimate of drug-likeness (QED) is 0.0157. The highest BCUT2D eigenvalue weighted by Gasteiger charge is 2.36. The minimum atomic E-state index is -4.29. The molecular weight excluding hydrogens is 689 g/mol. The van der Waals surface area contributed by atoms with Gasteiger partial charge in [0.15, 0.2) is 6.10 Å². The average molecular weight is 768 g/mol. The SMILES string of the molecule is CCCCC/C=C\C/C=C\C/C=C\CC1OC1CCCC(=O)OC[C@H](COP(=O)(O)OCCN)O/C=C/CCCCCCCCCCCCCCCC. The van der Waals surface area contributed by atoms with Crippen molar-refractivity contribution in [3.8, 4) is 0 Å². The Morgan fingerprint density at radius 3 is 1.89 bits per heavy atom. The van der Waals surface area contributed by atoms with Crippen LogP contribution in [0.1, 0.15) is 174 Å². The molecule has 1 fully saturated rings. The number of phosphoric ester groups is 1. The number of carbonyl (C=O) groups excluding carboxylic acids is 1. The maximum atomic E-state index is 12.5. The third-order valence-electron chi connectivity index (χ3n) is 9.26. The van der Waals surface area contributed by atoms with Gasteiger partial charge in [-0.05, 0) is 63.9 Å². The minimum absolute atomic E-state index is 0.0892. The molecule has 0 bridgehead atoms. The summed E-state index contributed by atoms with van der Waals surface area (Å²) >= 11 is 0. The first kappa shape index (κ1) is 49.3. The summed E-state index contributed by atoms with van der Waals surface area (Å²) in [5, 5.41) is 0. The molecule has 10 heteroatoms. The van der Waals surface area contributed by atoms with Gasteiger partial charge in [0.05, 0.1) is 31.7 Å². The van der Waals surface area contributed by atoms with Crippen LogP contribution in [0.5, 0.6) is 0 Å². The summed E-state index contributed by atoms with van der Waals surface area (Å²) in [7, 11) is -4.29. The molecule has 4 atom stereocenters. The second-order valence-electron chi connectivity index (χ2n) is 14.3. The molecule has 0 spiro atoms. The van der Waals surface area contributed by atoms with E-state index in [1.54, 1.807) is 6.26 Å². The number of allylic oxidation sites excluding steroid dienone is 6. The van der Waals surface area contributed by atoms with Crippen LogP contribution in [-0.4, -0.2) is 55.5 Å². The number of epoxide rings is 1. The molecule has 0 aromatic carbocycles. The number of carbonyl (C=O) groups is 1. The largest absolute Gasteiger partial charge is 0.492 e. The molecule has 1 aliphatic heterocycles. The van der Waals surface area contributed by atoms with Crippen molar-refractivity contribution < 1.29 is 37.5 Å². The van der Waals surface area contributed by atoms with Gasteiger partial charge in [0.25, 0.3) is 0 Å². The highest BCUT2D eigenvalue weighted by molar-refractivity contribution is 7.47.